The number of primary amides is 1. The van der Waals surface area contributed by atoms with Crippen LogP contribution in [0.25, 0.3) is 0 Å². The van der Waals surface area contributed by atoms with Gasteiger partial charge in [-0.25, -0.2) is 0 Å². The summed E-state index contributed by atoms with van der Waals surface area (Å²) in [5.41, 5.74) is 4.86. The minimum Gasteiger partial charge on any atom is -0.480 e. The van der Waals surface area contributed by atoms with Gasteiger partial charge in [0.15, 0.2) is 0 Å². The van der Waals surface area contributed by atoms with Gasteiger partial charge in [0.25, 0.3) is 0 Å². The van der Waals surface area contributed by atoms with E-state index in [1.54, 1.807) is 13.8 Å². The molecule has 5 nitrogen and oxygen atoms in total. The van der Waals surface area contributed by atoms with Crippen molar-refractivity contribution in [3.05, 3.63) is 0 Å². The zero-order valence-electron chi connectivity index (χ0n) is 7.70. The van der Waals surface area contributed by atoms with Crippen LogP contribution in [-0.4, -0.2) is 29.1 Å². The van der Waals surface area contributed by atoms with E-state index in [9.17, 15) is 9.59 Å². The van der Waals surface area contributed by atoms with Gasteiger partial charge >= 0.3 is 5.97 Å². The Morgan fingerprint density at radius 2 is 1.92 bits per heavy atom. The summed E-state index contributed by atoms with van der Waals surface area (Å²) in [4.78, 5) is 20.9. The second-order valence-corrected chi connectivity index (χ2v) is 2.88. The predicted octanol–water partition coefficient (Wildman–Crippen LogP) is -0.574. The van der Waals surface area contributed by atoms with Crippen molar-refractivity contribution in [2.24, 2.45) is 5.73 Å². The molecule has 0 aliphatic carbocycles. The normalized spacial score (nSPS) is 11.9. The van der Waals surface area contributed by atoms with Crippen LogP contribution in [0.1, 0.15) is 20.3 Å². The van der Waals surface area contributed by atoms with Crippen molar-refractivity contribution in [3.63, 3.8) is 0 Å². The third-order valence-corrected chi connectivity index (χ3v) is 1.24. The van der Waals surface area contributed by atoms with Gasteiger partial charge in [0, 0.05) is 6.04 Å². The van der Waals surface area contributed by atoms with Gasteiger partial charge in [-0.1, -0.05) is 13.8 Å². The van der Waals surface area contributed by atoms with Crippen molar-refractivity contribution in [2.75, 3.05) is 0 Å². The number of amides is 1. The zero-order chi connectivity index (χ0) is 9.72. The lowest BCUT2D eigenvalue weighted by Crippen LogP contribution is -2.43. The third-order valence-electron chi connectivity index (χ3n) is 1.24. The highest BCUT2D eigenvalue weighted by Gasteiger charge is 2.19. The fraction of sp³-hybridized carbons (Fsp3) is 0.714. The first-order valence-corrected chi connectivity index (χ1v) is 3.70. The van der Waals surface area contributed by atoms with Crippen LogP contribution in [0.15, 0.2) is 0 Å². The van der Waals surface area contributed by atoms with Gasteiger partial charge in [0.1, 0.15) is 6.04 Å². The number of carbonyl (C=O) groups excluding carboxylic acids is 1. The Kier molecular flexibility index (Phi) is 7.64. The summed E-state index contributed by atoms with van der Waals surface area (Å²) in [5.74, 6) is -1.67. The van der Waals surface area contributed by atoms with E-state index in [0.29, 0.717) is 0 Å². The van der Waals surface area contributed by atoms with Crippen LogP contribution in [0.3, 0.4) is 0 Å². The molecule has 1 atom stereocenters. The fourth-order valence-electron chi connectivity index (χ4n) is 0.821. The number of nitrogens with two attached hydrogens (primary N) is 1. The van der Waals surface area contributed by atoms with Crippen molar-refractivity contribution in [2.45, 2.75) is 32.4 Å². The monoisotopic (exact) mass is 208 g/mol. The van der Waals surface area contributed by atoms with Crippen LogP contribution >= 0.6 is 13.5 Å². The summed E-state index contributed by atoms with van der Waals surface area (Å²) in [6.45, 7) is 3.61. The van der Waals surface area contributed by atoms with Crippen LogP contribution in [-0.2, 0) is 9.59 Å². The van der Waals surface area contributed by atoms with E-state index >= 15 is 0 Å². The lowest BCUT2D eigenvalue weighted by atomic mass is 10.2. The van der Waals surface area contributed by atoms with Crippen molar-refractivity contribution in [1.29, 1.82) is 0 Å². The zero-order valence-corrected chi connectivity index (χ0v) is 8.70. The van der Waals surface area contributed by atoms with Crippen LogP contribution in [0, 0.1) is 0 Å². The first-order valence-electron chi connectivity index (χ1n) is 3.70. The smallest absolute Gasteiger partial charge is 0.321 e. The number of carbonyl (C=O) groups is 2. The molecule has 0 rings (SSSR count). The molecule has 78 valence electrons. The number of hydrogen-bond donors (Lipinski definition) is 3. The summed E-state index contributed by atoms with van der Waals surface area (Å²) >= 11 is 0. The molecule has 0 bridgehead atoms. The molecule has 0 fully saturated rings. The van der Waals surface area contributed by atoms with Crippen LogP contribution < -0.4 is 11.1 Å². The van der Waals surface area contributed by atoms with Crippen LogP contribution in [0.4, 0.5) is 0 Å². The lowest BCUT2D eigenvalue weighted by Gasteiger charge is -2.15. The summed E-state index contributed by atoms with van der Waals surface area (Å²) in [6.07, 6.45) is -0.173. The molecule has 0 unspecified atom stereocenters. The van der Waals surface area contributed by atoms with Crippen molar-refractivity contribution >= 4 is 25.4 Å². The number of rotatable bonds is 5. The predicted molar refractivity (Wildman–Crippen MR) is 53.9 cm³/mol. The number of hydrogen-bond acceptors (Lipinski definition) is 3. The number of aliphatic carboxylic acids is 1. The van der Waals surface area contributed by atoms with Crippen molar-refractivity contribution in [3.8, 4) is 0 Å². The summed E-state index contributed by atoms with van der Waals surface area (Å²) in [7, 11) is 0. The minimum atomic E-state index is -1.05. The van der Waals surface area contributed by atoms with Gasteiger partial charge in [-0.05, 0) is 0 Å². The first kappa shape index (κ1) is 14.8. The highest BCUT2D eigenvalue weighted by molar-refractivity contribution is 7.59. The highest BCUT2D eigenvalue weighted by atomic mass is 32.1. The second kappa shape index (κ2) is 6.73. The van der Waals surface area contributed by atoms with Gasteiger partial charge < -0.3 is 16.2 Å². The van der Waals surface area contributed by atoms with E-state index in [0.717, 1.165) is 0 Å². The Hall–Kier alpha value is -0.750. The number of carboxylic acid groups (broad SMARTS) is 1. The van der Waals surface area contributed by atoms with E-state index < -0.39 is 17.9 Å². The van der Waals surface area contributed by atoms with Gasteiger partial charge in [-0.3, -0.25) is 9.59 Å². The van der Waals surface area contributed by atoms with E-state index in [-0.39, 0.29) is 26.0 Å². The van der Waals surface area contributed by atoms with Crippen molar-refractivity contribution < 1.29 is 14.7 Å². The SMILES string of the molecule is CC(C)N[C@@H](CC(N)=O)C(=O)O.S. The Labute approximate surface area is 84.1 Å². The molecular weight excluding hydrogens is 192 g/mol. The van der Waals surface area contributed by atoms with Crippen molar-refractivity contribution in [1.82, 2.24) is 5.32 Å². The number of carboxylic acids is 1. The topological polar surface area (TPSA) is 92.4 Å². The van der Waals surface area contributed by atoms with Gasteiger partial charge in [0.2, 0.25) is 5.91 Å². The average Bonchev–Trinajstić information content (AvgIpc) is 1.83. The first-order chi connectivity index (χ1) is 5.43. The molecule has 0 aliphatic heterocycles. The van der Waals surface area contributed by atoms with E-state index in [4.69, 9.17) is 10.8 Å². The van der Waals surface area contributed by atoms with Crippen LogP contribution in [0.5, 0.6) is 0 Å². The minimum absolute atomic E-state index is 0. The average molecular weight is 208 g/mol. The highest BCUT2D eigenvalue weighted by Crippen LogP contribution is 1.93. The Balaban J connectivity index is 0. The Morgan fingerprint density at radius 3 is 2.15 bits per heavy atom. The van der Waals surface area contributed by atoms with Gasteiger partial charge in [-0.2, -0.15) is 13.5 Å². The fourth-order valence-corrected chi connectivity index (χ4v) is 0.821. The molecule has 0 radical (unpaired) electrons. The maximum atomic E-state index is 10.5. The molecule has 13 heavy (non-hydrogen) atoms. The maximum absolute atomic E-state index is 10.5. The molecule has 1 amide bonds. The van der Waals surface area contributed by atoms with E-state index in [2.05, 4.69) is 5.32 Å². The molecular formula is C7H16N2O3S. The Morgan fingerprint density at radius 1 is 1.46 bits per heavy atom. The molecule has 0 saturated carbocycles. The Bertz CT molecular complexity index is 185. The summed E-state index contributed by atoms with van der Waals surface area (Å²) in [5, 5.41) is 11.3. The molecule has 0 aromatic rings. The molecule has 0 spiro atoms. The maximum Gasteiger partial charge on any atom is 0.321 e. The number of nitrogens with one attached hydrogen (secondary N) is 1. The summed E-state index contributed by atoms with van der Waals surface area (Å²) < 4.78 is 0. The molecule has 4 N–H and O–H groups in total. The largest absolute Gasteiger partial charge is 0.480 e. The lowest BCUT2D eigenvalue weighted by molar-refractivity contribution is -0.141. The molecule has 0 heterocycles. The van der Waals surface area contributed by atoms with E-state index in [1.807, 2.05) is 0 Å². The summed E-state index contributed by atoms with van der Waals surface area (Å²) in [6, 6.07) is -0.854. The molecule has 0 aromatic carbocycles. The quantitative estimate of drug-likeness (QED) is 0.564. The van der Waals surface area contributed by atoms with Gasteiger partial charge in [0.05, 0.1) is 6.42 Å². The molecule has 0 saturated heterocycles. The van der Waals surface area contributed by atoms with Gasteiger partial charge in [-0.15, -0.1) is 0 Å². The van der Waals surface area contributed by atoms with Crippen LogP contribution in [0.2, 0.25) is 0 Å². The third kappa shape index (κ3) is 7.61. The van der Waals surface area contributed by atoms with E-state index in [1.165, 1.54) is 0 Å². The molecule has 0 aromatic heterocycles. The molecule has 0 aliphatic rings. The molecule has 6 heteroatoms. The standard InChI is InChI=1S/C7H14N2O3.H2S/c1-4(2)9-5(7(11)12)3-6(8)10;/h4-5,9H,3H2,1-2H3,(H2,8,10)(H,11,12);1H2/t5-;/m0./s1. The second-order valence-electron chi connectivity index (χ2n) is 2.88.